The minimum absolute atomic E-state index is 0.0296. The lowest BCUT2D eigenvalue weighted by molar-refractivity contribution is -0.146. The van der Waals surface area contributed by atoms with E-state index < -0.39 is 5.54 Å². The van der Waals surface area contributed by atoms with Crippen molar-refractivity contribution in [1.29, 1.82) is 0 Å². The van der Waals surface area contributed by atoms with E-state index in [0.717, 1.165) is 0 Å². The summed E-state index contributed by atoms with van der Waals surface area (Å²) in [5.41, 5.74) is 1.34. The number of carbonyl (C=O) groups is 2. The van der Waals surface area contributed by atoms with Gasteiger partial charge in [-0.15, -0.1) is 0 Å². The Labute approximate surface area is 104 Å². The van der Waals surface area contributed by atoms with E-state index in [2.05, 4.69) is 5.10 Å². The molecular formula is C11H15N3O2S. The zero-order valence-electron chi connectivity index (χ0n) is 10.1. The highest BCUT2D eigenvalue weighted by Gasteiger charge is 2.60. The van der Waals surface area contributed by atoms with Gasteiger partial charge in [-0.1, -0.05) is 11.8 Å². The van der Waals surface area contributed by atoms with Gasteiger partial charge in [0.15, 0.2) is 0 Å². The van der Waals surface area contributed by atoms with Gasteiger partial charge in [0.2, 0.25) is 11.8 Å². The number of carbonyl (C=O) groups excluding carboxylic acids is 2. The predicted octanol–water partition coefficient (Wildman–Crippen LogP) is 0.718. The molecule has 3 heterocycles. The van der Waals surface area contributed by atoms with Crippen LogP contribution in [0.4, 0.5) is 0 Å². The second-order valence-corrected chi connectivity index (χ2v) is 6.65. The molecule has 17 heavy (non-hydrogen) atoms. The fourth-order valence-electron chi connectivity index (χ4n) is 2.83. The van der Waals surface area contributed by atoms with Crippen LogP contribution in [0.1, 0.15) is 20.8 Å². The molecule has 92 valence electrons. The Morgan fingerprint density at radius 1 is 1.35 bits per heavy atom. The van der Waals surface area contributed by atoms with Gasteiger partial charge in [0.1, 0.15) is 5.37 Å². The number of hydrogen-bond donors (Lipinski definition) is 0. The van der Waals surface area contributed by atoms with Crippen LogP contribution in [0.25, 0.3) is 0 Å². The van der Waals surface area contributed by atoms with Crippen LogP contribution in [0.5, 0.6) is 0 Å². The van der Waals surface area contributed by atoms with Crippen molar-refractivity contribution >= 4 is 29.1 Å². The molecule has 0 bridgehead atoms. The van der Waals surface area contributed by atoms with Gasteiger partial charge in [-0.25, -0.2) is 0 Å². The summed E-state index contributed by atoms with van der Waals surface area (Å²) in [5, 5.41) is 6.09. The smallest absolute Gasteiger partial charge is 0.236 e. The van der Waals surface area contributed by atoms with Crippen LogP contribution in [0.2, 0.25) is 0 Å². The van der Waals surface area contributed by atoms with Gasteiger partial charge in [0.25, 0.3) is 0 Å². The Hall–Kier alpha value is -1.04. The molecule has 3 aliphatic rings. The van der Waals surface area contributed by atoms with Gasteiger partial charge < -0.3 is 0 Å². The van der Waals surface area contributed by atoms with Gasteiger partial charge in [0.05, 0.1) is 17.4 Å². The average Bonchev–Trinajstić information content (AvgIpc) is 2.76. The number of hydrazone groups is 1. The van der Waals surface area contributed by atoms with E-state index in [0.29, 0.717) is 6.54 Å². The highest BCUT2D eigenvalue weighted by atomic mass is 32.2. The van der Waals surface area contributed by atoms with Crippen molar-refractivity contribution in [2.45, 2.75) is 31.7 Å². The zero-order chi connectivity index (χ0) is 12.4. The number of imide groups is 1. The molecule has 2 amide bonds. The monoisotopic (exact) mass is 253 g/mol. The van der Waals surface area contributed by atoms with E-state index in [1.807, 2.05) is 25.8 Å². The third-order valence-electron chi connectivity index (χ3n) is 3.53. The first kappa shape index (κ1) is 11.1. The van der Waals surface area contributed by atoms with Crippen molar-refractivity contribution in [2.75, 3.05) is 6.54 Å². The normalized spacial score (nSPS) is 35.8. The molecule has 3 rings (SSSR count). The summed E-state index contributed by atoms with van der Waals surface area (Å²) in [6.07, 6.45) is 0. The van der Waals surface area contributed by atoms with Crippen LogP contribution in [0.3, 0.4) is 0 Å². The lowest BCUT2D eigenvalue weighted by Crippen LogP contribution is -2.48. The Balaban J connectivity index is 1.95. The number of thioether (sulfide) groups is 1. The van der Waals surface area contributed by atoms with Crippen molar-refractivity contribution in [3.63, 3.8) is 0 Å². The SMILES string of the molecule is CC(C)(C)N1C(=O)[C@H]2CN3N=CSC3[C@H]2C1=O. The molecule has 0 aromatic rings. The van der Waals surface area contributed by atoms with Gasteiger partial charge in [-0.05, 0) is 20.8 Å². The first-order valence-electron chi connectivity index (χ1n) is 5.74. The Morgan fingerprint density at radius 2 is 2.06 bits per heavy atom. The average molecular weight is 253 g/mol. The third kappa shape index (κ3) is 1.36. The molecule has 3 atom stereocenters. The van der Waals surface area contributed by atoms with Crippen LogP contribution in [-0.2, 0) is 9.59 Å². The van der Waals surface area contributed by atoms with Crippen molar-refractivity contribution in [3.8, 4) is 0 Å². The van der Waals surface area contributed by atoms with Crippen molar-refractivity contribution in [1.82, 2.24) is 9.91 Å². The van der Waals surface area contributed by atoms with E-state index in [-0.39, 0.29) is 29.0 Å². The van der Waals surface area contributed by atoms with Crippen LogP contribution in [0, 0.1) is 11.8 Å². The summed E-state index contributed by atoms with van der Waals surface area (Å²) in [6, 6.07) is 0. The molecule has 0 N–H and O–H groups in total. The summed E-state index contributed by atoms with van der Waals surface area (Å²) in [6.45, 7) is 6.29. The van der Waals surface area contributed by atoms with Crippen LogP contribution in [0.15, 0.2) is 5.10 Å². The molecule has 0 aromatic carbocycles. The Kier molecular flexibility index (Phi) is 2.12. The van der Waals surface area contributed by atoms with Crippen molar-refractivity contribution in [2.24, 2.45) is 16.9 Å². The minimum atomic E-state index is -0.423. The highest BCUT2D eigenvalue weighted by Crippen LogP contribution is 2.46. The maximum atomic E-state index is 12.4. The van der Waals surface area contributed by atoms with Crippen LogP contribution in [-0.4, -0.2) is 44.7 Å². The van der Waals surface area contributed by atoms with Gasteiger partial charge in [0, 0.05) is 12.1 Å². The molecular weight excluding hydrogens is 238 g/mol. The molecule has 2 saturated heterocycles. The predicted molar refractivity (Wildman–Crippen MR) is 65.2 cm³/mol. The van der Waals surface area contributed by atoms with E-state index in [4.69, 9.17) is 0 Å². The zero-order valence-corrected chi connectivity index (χ0v) is 10.9. The summed E-state index contributed by atoms with van der Waals surface area (Å²) in [4.78, 5) is 26.1. The molecule has 5 nitrogen and oxygen atoms in total. The summed E-state index contributed by atoms with van der Waals surface area (Å²) >= 11 is 1.54. The summed E-state index contributed by atoms with van der Waals surface area (Å²) < 4.78 is 0. The number of amides is 2. The molecule has 0 aromatic heterocycles. The number of rotatable bonds is 0. The molecule has 6 heteroatoms. The first-order valence-corrected chi connectivity index (χ1v) is 6.68. The molecule has 0 aliphatic carbocycles. The summed E-state index contributed by atoms with van der Waals surface area (Å²) in [7, 11) is 0. The molecule has 2 fully saturated rings. The highest BCUT2D eigenvalue weighted by molar-refractivity contribution is 8.12. The van der Waals surface area contributed by atoms with E-state index in [1.54, 1.807) is 17.3 Å². The molecule has 3 aliphatic heterocycles. The maximum Gasteiger partial charge on any atom is 0.236 e. The molecule has 0 radical (unpaired) electrons. The quantitative estimate of drug-likeness (QED) is 0.597. The fraction of sp³-hybridized carbons (Fsp3) is 0.727. The number of fused-ring (bicyclic) bond motifs is 3. The van der Waals surface area contributed by atoms with Crippen LogP contribution < -0.4 is 0 Å². The molecule has 0 saturated carbocycles. The van der Waals surface area contributed by atoms with E-state index >= 15 is 0 Å². The van der Waals surface area contributed by atoms with Gasteiger partial charge in [-0.3, -0.25) is 19.5 Å². The number of likely N-dealkylation sites (tertiary alicyclic amines) is 1. The molecule has 0 spiro atoms. The van der Waals surface area contributed by atoms with Crippen molar-refractivity contribution < 1.29 is 9.59 Å². The van der Waals surface area contributed by atoms with Gasteiger partial charge >= 0.3 is 0 Å². The third-order valence-corrected chi connectivity index (χ3v) is 4.56. The lowest BCUT2D eigenvalue weighted by atomic mass is 9.99. The second kappa shape index (κ2) is 3.25. The topological polar surface area (TPSA) is 53.0 Å². The second-order valence-electron chi connectivity index (χ2n) is 5.68. The van der Waals surface area contributed by atoms with Crippen molar-refractivity contribution in [3.05, 3.63) is 0 Å². The molecule has 1 unspecified atom stereocenters. The van der Waals surface area contributed by atoms with Gasteiger partial charge in [-0.2, -0.15) is 5.10 Å². The van der Waals surface area contributed by atoms with Crippen LogP contribution >= 0.6 is 11.8 Å². The first-order chi connectivity index (χ1) is 7.91. The number of nitrogens with zero attached hydrogens (tertiary/aromatic N) is 3. The summed E-state index contributed by atoms with van der Waals surface area (Å²) in [5.74, 6) is -0.471. The fourth-order valence-corrected chi connectivity index (χ4v) is 3.89. The largest absolute Gasteiger partial charge is 0.281 e. The Morgan fingerprint density at radius 3 is 2.71 bits per heavy atom. The van der Waals surface area contributed by atoms with E-state index in [9.17, 15) is 9.59 Å². The number of hydrogen-bond acceptors (Lipinski definition) is 5. The lowest BCUT2D eigenvalue weighted by Gasteiger charge is -2.31. The van der Waals surface area contributed by atoms with E-state index in [1.165, 1.54) is 4.90 Å². The Bertz CT molecular complexity index is 429. The maximum absolute atomic E-state index is 12.4. The minimum Gasteiger partial charge on any atom is -0.281 e. The standard InChI is InChI=1S/C11H15N3O2S/c1-11(2,3)14-8(15)6-4-13-10(17-5-12-13)7(6)9(14)16/h5-7,10H,4H2,1-3H3/t6-,7+,10?/m0/s1.